The zero-order chi connectivity index (χ0) is 14.4. The number of anilines is 1. The summed E-state index contributed by atoms with van der Waals surface area (Å²) in [4.78, 5) is 32.0. The lowest BCUT2D eigenvalue weighted by Gasteiger charge is -2.07. The molecule has 1 amide bonds. The van der Waals surface area contributed by atoms with Crippen LogP contribution in [0.5, 0.6) is 0 Å². The Morgan fingerprint density at radius 1 is 1.42 bits per heavy atom. The highest BCUT2D eigenvalue weighted by molar-refractivity contribution is 5.90. The zero-order valence-corrected chi connectivity index (χ0v) is 10.2. The number of aromatic carboxylic acids is 1. The van der Waals surface area contributed by atoms with Crippen LogP contribution < -0.4 is 10.6 Å². The fraction of sp³-hybridized carbons (Fsp3) is 0.273. The quantitative estimate of drug-likeness (QED) is 0.518. The van der Waals surface area contributed by atoms with Crippen LogP contribution in [0.2, 0.25) is 0 Å². The zero-order valence-electron chi connectivity index (χ0n) is 10.2. The van der Waals surface area contributed by atoms with E-state index in [0.717, 1.165) is 12.1 Å². The van der Waals surface area contributed by atoms with E-state index in [1.54, 1.807) is 0 Å². The van der Waals surface area contributed by atoms with Crippen LogP contribution in [0.3, 0.4) is 0 Å². The third-order valence-corrected chi connectivity index (χ3v) is 2.39. The Labute approximate surface area is 108 Å². The highest BCUT2D eigenvalue weighted by Gasteiger charge is 2.16. The van der Waals surface area contributed by atoms with E-state index < -0.39 is 10.9 Å². The number of nitro benzene ring substituents is 1. The number of nitro groups is 1. The first-order valence-corrected chi connectivity index (χ1v) is 5.42. The first-order valence-electron chi connectivity index (χ1n) is 5.42. The topological polar surface area (TPSA) is 122 Å². The number of carbonyl (C=O) groups is 2. The van der Waals surface area contributed by atoms with Gasteiger partial charge in [0.1, 0.15) is 5.69 Å². The molecule has 0 heterocycles. The average Bonchev–Trinajstić information content (AvgIpc) is 2.37. The predicted molar refractivity (Wildman–Crippen MR) is 67.2 cm³/mol. The minimum atomic E-state index is -1.18. The van der Waals surface area contributed by atoms with Gasteiger partial charge in [-0.25, -0.2) is 4.79 Å². The normalized spacial score (nSPS) is 9.74. The highest BCUT2D eigenvalue weighted by atomic mass is 16.6. The molecule has 0 unspecified atom stereocenters. The van der Waals surface area contributed by atoms with E-state index in [9.17, 15) is 19.7 Å². The maximum absolute atomic E-state index is 11.0. The van der Waals surface area contributed by atoms with E-state index in [1.807, 2.05) is 0 Å². The summed E-state index contributed by atoms with van der Waals surface area (Å²) in [6.45, 7) is 0.170. The number of carbonyl (C=O) groups excluding carboxylic acids is 1. The van der Waals surface area contributed by atoms with Gasteiger partial charge in [0.25, 0.3) is 5.69 Å². The maximum atomic E-state index is 11.0. The number of rotatable bonds is 6. The van der Waals surface area contributed by atoms with Gasteiger partial charge in [0, 0.05) is 26.1 Å². The van der Waals surface area contributed by atoms with Crippen LogP contribution in [-0.4, -0.2) is 35.5 Å². The van der Waals surface area contributed by atoms with E-state index in [-0.39, 0.29) is 35.8 Å². The second kappa shape index (κ2) is 6.34. The Morgan fingerprint density at radius 2 is 2.11 bits per heavy atom. The van der Waals surface area contributed by atoms with Crippen LogP contribution in [0.1, 0.15) is 16.8 Å². The largest absolute Gasteiger partial charge is 0.478 e. The van der Waals surface area contributed by atoms with Crippen molar-refractivity contribution in [1.82, 2.24) is 5.32 Å². The number of carboxylic acid groups (broad SMARTS) is 1. The Kier molecular flexibility index (Phi) is 4.81. The molecule has 19 heavy (non-hydrogen) atoms. The molecular formula is C11H13N3O5. The van der Waals surface area contributed by atoms with Crippen molar-refractivity contribution >= 4 is 23.3 Å². The number of benzene rings is 1. The second-order valence-electron chi connectivity index (χ2n) is 3.64. The number of hydrogen-bond acceptors (Lipinski definition) is 5. The Hall–Kier alpha value is -2.64. The van der Waals surface area contributed by atoms with Gasteiger partial charge < -0.3 is 15.7 Å². The third-order valence-electron chi connectivity index (χ3n) is 2.39. The van der Waals surface area contributed by atoms with Crippen molar-refractivity contribution < 1.29 is 19.6 Å². The molecule has 0 saturated carbocycles. The van der Waals surface area contributed by atoms with Gasteiger partial charge in [-0.2, -0.15) is 0 Å². The van der Waals surface area contributed by atoms with Crippen molar-refractivity contribution in [3.63, 3.8) is 0 Å². The van der Waals surface area contributed by atoms with Gasteiger partial charge in [-0.05, 0) is 12.1 Å². The van der Waals surface area contributed by atoms with Crippen LogP contribution in [-0.2, 0) is 4.79 Å². The van der Waals surface area contributed by atoms with Crippen LogP contribution >= 0.6 is 0 Å². The second-order valence-corrected chi connectivity index (χ2v) is 3.64. The van der Waals surface area contributed by atoms with Crippen LogP contribution in [0.25, 0.3) is 0 Å². The van der Waals surface area contributed by atoms with Crippen molar-refractivity contribution in [2.45, 2.75) is 6.42 Å². The first kappa shape index (κ1) is 14.4. The van der Waals surface area contributed by atoms with Gasteiger partial charge in [-0.3, -0.25) is 14.9 Å². The molecule has 0 bridgehead atoms. The van der Waals surface area contributed by atoms with E-state index in [1.165, 1.54) is 13.1 Å². The van der Waals surface area contributed by atoms with E-state index >= 15 is 0 Å². The van der Waals surface area contributed by atoms with E-state index in [2.05, 4.69) is 10.6 Å². The first-order chi connectivity index (χ1) is 8.95. The molecule has 0 spiro atoms. The Morgan fingerprint density at radius 3 is 2.63 bits per heavy atom. The van der Waals surface area contributed by atoms with Gasteiger partial charge in [-0.15, -0.1) is 0 Å². The van der Waals surface area contributed by atoms with Gasteiger partial charge in [0.2, 0.25) is 5.91 Å². The van der Waals surface area contributed by atoms with Crippen molar-refractivity contribution in [3.05, 3.63) is 33.9 Å². The smallest absolute Gasteiger partial charge is 0.335 e. The number of nitrogens with one attached hydrogen (secondary N) is 2. The minimum Gasteiger partial charge on any atom is -0.478 e. The van der Waals surface area contributed by atoms with Crippen LogP contribution in [0.4, 0.5) is 11.4 Å². The summed E-state index contributed by atoms with van der Waals surface area (Å²) in [5.74, 6) is -1.39. The molecule has 8 nitrogen and oxygen atoms in total. The van der Waals surface area contributed by atoms with Crippen LogP contribution in [0.15, 0.2) is 18.2 Å². The summed E-state index contributed by atoms with van der Waals surface area (Å²) in [5, 5.41) is 24.7. The Balaban J connectivity index is 2.88. The fourth-order valence-electron chi connectivity index (χ4n) is 1.41. The molecule has 3 N–H and O–H groups in total. The lowest BCUT2D eigenvalue weighted by atomic mass is 10.1. The molecule has 1 aromatic rings. The standard InChI is InChI=1S/C11H13N3O5/c1-12-10(15)4-5-13-8-6-7(11(16)17)2-3-9(8)14(18)19/h2-3,6,13H,4-5H2,1H3,(H,12,15)(H,16,17). The lowest BCUT2D eigenvalue weighted by Crippen LogP contribution is -2.21. The van der Waals surface area contributed by atoms with Gasteiger partial charge in [-0.1, -0.05) is 0 Å². The van der Waals surface area contributed by atoms with Crippen molar-refractivity contribution in [3.8, 4) is 0 Å². The molecular weight excluding hydrogens is 254 g/mol. The van der Waals surface area contributed by atoms with Gasteiger partial charge in [0.15, 0.2) is 0 Å². The molecule has 0 radical (unpaired) electrons. The number of amides is 1. The molecule has 0 aromatic heterocycles. The number of carboxylic acids is 1. The molecule has 8 heteroatoms. The predicted octanol–water partition coefficient (Wildman–Crippen LogP) is 0.841. The van der Waals surface area contributed by atoms with Gasteiger partial charge in [0.05, 0.1) is 10.5 Å². The fourth-order valence-corrected chi connectivity index (χ4v) is 1.41. The van der Waals surface area contributed by atoms with Crippen molar-refractivity contribution in [1.29, 1.82) is 0 Å². The third kappa shape index (κ3) is 3.95. The lowest BCUT2D eigenvalue weighted by molar-refractivity contribution is -0.384. The minimum absolute atomic E-state index is 0.0620. The Bertz CT molecular complexity index is 515. The van der Waals surface area contributed by atoms with Crippen LogP contribution in [0, 0.1) is 10.1 Å². The molecule has 0 fully saturated rings. The highest BCUT2D eigenvalue weighted by Crippen LogP contribution is 2.25. The molecule has 1 aromatic carbocycles. The van der Waals surface area contributed by atoms with Crippen molar-refractivity contribution in [2.75, 3.05) is 18.9 Å². The molecule has 102 valence electrons. The number of hydrogen-bond donors (Lipinski definition) is 3. The molecule has 0 saturated heterocycles. The molecule has 0 aliphatic carbocycles. The molecule has 0 aliphatic rings. The summed E-state index contributed by atoms with van der Waals surface area (Å²) in [6.07, 6.45) is 0.130. The van der Waals surface area contributed by atoms with Gasteiger partial charge >= 0.3 is 5.97 Å². The average molecular weight is 267 g/mol. The van der Waals surface area contributed by atoms with Crippen molar-refractivity contribution in [2.24, 2.45) is 0 Å². The molecule has 0 atom stereocenters. The SMILES string of the molecule is CNC(=O)CCNc1cc(C(=O)O)ccc1[N+](=O)[O-]. The summed E-state index contributed by atoms with van der Waals surface area (Å²) >= 11 is 0. The summed E-state index contributed by atoms with van der Waals surface area (Å²) in [7, 11) is 1.48. The number of nitrogens with zero attached hydrogens (tertiary/aromatic N) is 1. The van der Waals surface area contributed by atoms with E-state index in [4.69, 9.17) is 5.11 Å². The summed E-state index contributed by atoms with van der Waals surface area (Å²) in [6, 6.07) is 3.44. The maximum Gasteiger partial charge on any atom is 0.335 e. The molecule has 1 rings (SSSR count). The summed E-state index contributed by atoms with van der Waals surface area (Å²) < 4.78 is 0. The molecule has 0 aliphatic heterocycles. The van der Waals surface area contributed by atoms with E-state index in [0.29, 0.717) is 0 Å². The summed E-state index contributed by atoms with van der Waals surface area (Å²) in [5.41, 5.74) is -0.219. The monoisotopic (exact) mass is 267 g/mol.